The summed E-state index contributed by atoms with van der Waals surface area (Å²) >= 11 is 0. The van der Waals surface area contributed by atoms with E-state index in [0.717, 1.165) is 44.5 Å². The van der Waals surface area contributed by atoms with E-state index in [9.17, 15) is 42.1 Å². The van der Waals surface area contributed by atoms with Gasteiger partial charge >= 0.3 is 0 Å². The van der Waals surface area contributed by atoms with Gasteiger partial charge in [0.25, 0.3) is 0 Å². The minimum atomic E-state index is -3.28. The van der Waals surface area contributed by atoms with Gasteiger partial charge < -0.3 is 34.1 Å². The molecule has 0 fully saturated rings. The second-order valence-corrected chi connectivity index (χ2v) is 37.5. The maximum absolute atomic E-state index is 11.6. The Hall–Kier alpha value is -11.0. The van der Waals surface area contributed by atoms with Gasteiger partial charge in [-0.25, -0.2) is 56.1 Å². The Morgan fingerprint density at radius 3 is 1.52 bits per heavy atom. The third-order valence-corrected chi connectivity index (χ3v) is 24.8. The van der Waals surface area contributed by atoms with Crippen LogP contribution in [0.5, 0.6) is 11.5 Å². The van der Waals surface area contributed by atoms with Gasteiger partial charge in [0.2, 0.25) is 20.0 Å². The first kappa shape index (κ1) is 95.6. The molecule has 0 saturated carbocycles. The number of hydrogen-bond acceptors (Lipinski definition) is 15. The van der Waals surface area contributed by atoms with Crippen LogP contribution in [-0.4, -0.2) is 136 Å². The molecule has 0 unspecified atom stereocenters. The summed E-state index contributed by atoms with van der Waals surface area (Å²) < 4.78 is 129. The standard InChI is InChI=1S/C9H10N2.2C9H13NO2S.4C9H9N.3C9H12O3S/c1-7-4-3-5-8-9(7)11(2)6-10-8;1-8-4-6-9(7-5-8)13(11,12)10(2)3;1-3-10-13(11,12)9-6-4-8(2)5-7-9;1-7-2-3-8-4-5-10-9(8)6-7;1-7-3-2-4-9-8(7)5-6-10-9;1-7-3-2-4-8-5-6-10-9(7)8;1-7-3-4-9(6-10)8(2)5-7;1-7-4-5-8(13(3,10)11)6-9(7)12-2;1-7-4-5-8(12-2)9(6-7)13(3,10)11;1-8-2-4-9(5-3-8)13(11,12)7-6-10/h3-6H,1-2H3;4-7H,1-3H3;4-7,10H,3H2,1-2H3;3*2-6,10H,1H3;3-5H,1-2H3;2*4-6H,1-3H3;2-5,10H,6-7H2,1H3. The molecule has 10 aromatic carbocycles. The van der Waals surface area contributed by atoms with Crippen molar-refractivity contribution < 1.29 is 56.7 Å². The van der Waals surface area contributed by atoms with Gasteiger partial charge in [-0.2, -0.15) is 5.26 Å². The quantitative estimate of drug-likeness (QED) is 0.0759. The van der Waals surface area contributed by atoms with E-state index in [1.165, 1.54) is 117 Å². The molecule has 0 saturated heterocycles. The smallest absolute Gasteiger partial charge is 0.242 e. The number of imidazole rings is 1. The van der Waals surface area contributed by atoms with Crippen molar-refractivity contribution in [3.8, 4) is 17.6 Å². The number of fused-ring (bicyclic) bond motifs is 4. The highest BCUT2D eigenvalue weighted by Crippen LogP contribution is 2.26. The Kier molecular flexibility index (Phi) is 36.9. The Morgan fingerprint density at radius 2 is 0.974 bits per heavy atom. The maximum atomic E-state index is 11.6. The van der Waals surface area contributed by atoms with Gasteiger partial charge in [-0.05, 0) is 229 Å². The number of methoxy groups -OCH3 is 2. The van der Waals surface area contributed by atoms with E-state index < -0.39 is 49.6 Å². The van der Waals surface area contributed by atoms with Gasteiger partial charge in [0, 0.05) is 80.7 Å². The van der Waals surface area contributed by atoms with Crippen molar-refractivity contribution in [3.63, 3.8) is 0 Å². The predicted molar refractivity (Wildman–Crippen MR) is 471 cm³/mol. The van der Waals surface area contributed by atoms with Crippen molar-refractivity contribution in [2.45, 2.75) is 108 Å². The molecule has 4 aromatic heterocycles. The zero-order valence-electron chi connectivity index (χ0n) is 69.4. The Balaban J connectivity index is 0.000000230. The van der Waals surface area contributed by atoms with Crippen LogP contribution in [0.1, 0.15) is 73.7 Å². The molecular weight excluding hydrogens is 1560 g/mol. The summed E-state index contributed by atoms with van der Waals surface area (Å²) in [6.07, 6.45) is 10.1. The number of aromatic amines is 3. The summed E-state index contributed by atoms with van der Waals surface area (Å²) in [4.78, 5) is 15.2. The topological polar surface area (TPSA) is 314 Å². The molecule has 26 heteroatoms. The Morgan fingerprint density at radius 1 is 0.474 bits per heavy atom. The fourth-order valence-electron chi connectivity index (χ4n) is 11.0. The normalized spacial score (nSPS) is 11.0. The molecule has 21 nitrogen and oxygen atoms in total. The van der Waals surface area contributed by atoms with Crippen molar-refractivity contribution in [1.29, 1.82) is 5.26 Å². The van der Waals surface area contributed by atoms with Crippen LogP contribution in [0.3, 0.4) is 0 Å². The molecule has 0 amide bonds. The van der Waals surface area contributed by atoms with Crippen LogP contribution in [-0.2, 0) is 56.6 Å². The number of ether oxygens (including phenoxy) is 2. The largest absolute Gasteiger partial charge is 0.496 e. The highest BCUT2D eigenvalue weighted by atomic mass is 32.2. The lowest BCUT2D eigenvalue weighted by Crippen LogP contribution is -2.22. The summed E-state index contributed by atoms with van der Waals surface area (Å²) in [6, 6.07) is 69.4. The lowest BCUT2D eigenvalue weighted by Gasteiger charge is -2.10. The number of sulfone groups is 3. The molecular formula is C90H108N8O13S5. The van der Waals surface area contributed by atoms with Gasteiger partial charge in [0.15, 0.2) is 29.5 Å². The average molecular weight is 1670 g/mol. The highest BCUT2D eigenvalue weighted by molar-refractivity contribution is 7.91. The average Bonchev–Trinajstić information content (AvgIpc) is 1.60. The predicted octanol–water partition coefficient (Wildman–Crippen LogP) is 17.6. The van der Waals surface area contributed by atoms with Gasteiger partial charge in [-0.1, -0.05) is 144 Å². The molecule has 14 aromatic rings. The van der Waals surface area contributed by atoms with E-state index >= 15 is 0 Å². The lowest BCUT2D eigenvalue weighted by molar-refractivity contribution is 0.319. The number of aliphatic hydroxyl groups excluding tert-OH is 1. The third-order valence-electron chi connectivity index (χ3n) is 17.5. The maximum Gasteiger partial charge on any atom is 0.242 e. The van der Waals surface area contributed by atoms with Gasteiger partial charge in [-0.15, -0.1) is 0 Å². The summed E-state index contributed by atoms with van der Waals surface area (Å²) in [5.41, 5.74) is 19.2. The number of aryl methyl sites for hydroxylation is 12. The van der Waals surface area contributed by atoms with Gasteiger partial charge in [0.05, 0.1) is 75.2 Å². The summed E-state index contributed by atoms with van der Waals surface area (Å²) in [7, 11) is -8.10. The van der Waals surface area contributed by atoms with Crippen molar-refractivity contribution >= 4 is 93.3 Å². The number of aromatic nitrogens is 5. The van der Waals surface area contributed by atoms with E-state index in [4.69, 9.17) is 19.8 Å². The first-order valence-electron chi connectivity index (χ1n) is 36.7. The van der Waals surface area contributed by atoms with Crippen LogP contribution in [0, 0.1) is 87.5 Å². The summed E-state index contributed by atoms with van der Waals surface area (Å²) in [6.45, 7) is 23.7. The molecule has 0 radical (unpaired) electrons. The Labute approximate surface area is 686 Å². The van der Waals surface area contributed by atoms with E-state index in [2.05, 4.69) is 137 Å². The van der Waals surface area contributed by atoms with Crippen molar-refractivity contribution in [3.05, 3.63) is 310 Å². The number of sulfonamides is 2. The number of hydrogen-bond donors (Lipinski definition) is 5. The number of para-hydroxylation sites is 2. The monoisotopic (exact) mass is 1670 g/mol. The number of rotatable bonds is 12. The van der Waals surface area contributed by atoms with Crippen LogP contribution in [0.15, 0.2) is 268 Å². The molecule has 14 rings (SSSR count). The zero-order valence-corrected chi connectivity index (χ0v) is 73.5. The van der Waals surface area contributed by atoms with Crippen LogP contribution in [0.25, 0.3) is 43.7 Å². The van der Waals surface area contributed by atoms with E-state index in [1.807, 2.05) is 121 Å². The number of aliphatic hydroxyl groups is 1. The third kappa shape index (κ3) is 29.7. The molecule has 116 heavy (non-hydrogen) atoms. The first-order valence-corrected chi connectivity index (χ1v) is 45.0. The Bertz CT molecular complexity index is 6000. The van der Waals surface area contributed by atoms with E-state index in [0.29, 0.717) is 27.8 Å². The first-order chi connectivity index (χ1) is 54.6. The number of nitrogens with one attached hydrogen (secondary N) is 4. The van der Waals surface area contributed by atoms with Crippen LogP contribution >= 0.6 is 0 Å². The number of benzene rings is 10. The fourth-order valence-corrected chi connectivity index (χ4v) is 15.5. The van der Waals surface area contributed by atoms with Crippen LogP contribution < -0.4 is 14.2 Å². The molecule has 616 valence electrons. The SMILES string of the molecule is CCNS(=O)(=O)c1ccc(C)cc1.COc1cc(S(C)(=O)=O)ccc1C.COc1ccc(C)cc1S(C)(=O)=O.Cc1ccc(C#N)c(C)c1.Cc1ccc(S(=O)(=O)CCO)cc1.Cc1ccc(S(=O)(=O)N(C)C)cc1.Cc1ccc2cc[nH]c2c1.Cc1cccc2[nH]ccc12.Cc1cccc2cc[nH]c12.Cc1cccc2ncn(C)c12. The minimum absolute atomic E-state index is 0.212. The molecule has 0 aliphatic carbocycles. The molecule has 0 aliphatic heterocycles. The molecule has 0 aliphatic rings. The van der Waals surface area contributed by atoms with Crippen molar-refractivity contribution in [1.82, 2.24) is 33.5 Å². The van der Waals surface area contributed by atoms with E-state index in [1.54, 1.807) is 104 Å². The minimum Gasteiger partial charge on any atom is -0.496 e. The second-order valence-electron chi connectivity index (χ2n) is 27.4. The van der Waals surface area contributed by atoms with E-state index in [-0.39, 0.29) is 27.0 Å². The van der Waals surface area contributed by atoms with Gasteiger partial charge in [-0.3, -0.25) is 0 Å². The molecule has 5 N–H and O–H groups in total. The molecule has 0 atom stereocenters. The highest BCUT2D eigenvalue weighted by Gasteiger charge is 2.18. The van der Waals surface area contributed by atoms with Gasteiger partial charge in [0.1, 0.15) is 16.4 Å². The number of nitriles is 1. The molecule has 4 heterocycles. The summed E-state index contributed by atoms with van der Waals surface area (Å²) in [5, 5.41) is 21.0. The van der Waals surface area contributed by atoms with Crippen molar-refractivity contribution in [2.75, 3.05) is 59.7 Å². The number of H-pyrrole nitrogens is 3. The summed E-state index contributed by atoms with van der Waals surface area (Å²) in [5.74, 6) is 0.784. The fraction of sp³-hybridized carbons (Fsp3) is 0.244. The zero-order chi connectivity index (χ0) is 86.3. The molecule has 0 bridgehead atoms. The van der Waals surface area contributed by atoms with Crippen LogP contribution in [0.4, 0.5) is 0 Å². The van der Waals surface area contributed by atoms with Crippen molar-refractivity contribution in [2.24, 2.45) is 7.05 Å². The number of nitrogens with zero attached hydrogens (tertiary/aromatic N) is 4. The van der Waals surface area contributed by atoms with Crippen LogP contribution in [0.2, 0.25) is 0 Å². The second kappa shape index (κ2) is 44.8. The lowest BCUT2D eigenvalue weighted by atomic mass is 10.1. The molecule has 0 spiro atoms.